The molecular weight excluding hydrogens is 362 g/mol. The molecule has 25 heavy (non-hydrogen) atoms. The van der Waals surface area contributed by atoms with E-state index in [-0.39, 0.29) is 21.7 Å². The van der Waals surface area contributed by atoms with Crippen molar-refractivity contribution in [2.45, 2.75) is 38.6 Å². The number of hydrogen-bond acceptors (Lipinski definition) is 5. The van der Waals surface area contributed by atoms with Gasteiger partial charge >= 0.3 is 0 Å². The summed E-state index contributed by atoms with van der Waals surface area (Å²) in [6.45, 7) is 8.05. The van der Waals surface area contributed by atoms with E-state index in [9.17, 15) is 13.2 Å². The quantitative estimate of drug-likeness (QED) is 0.720. The Morgan fingerprint density at radius 3 is 2.40 bits per heavy atom. The molecule has 2 rings (SSSR count). The van der Waals surface area contributed by atoms with Gasteiger partial charge in [0.05, 0.1) is 12.3 Å². The number of carbonyl (C=O) groups is 1. The van der Waals surface area contributed by atoms with Gasteiger partial charge in [-0.2, -0.15) is 4.31 Å². The van der Waals surface area contributed by atoms with Crippen LogP contribution in [0.15, 0.2) is 23.1 Å². The predicted octanol–water partition coefficient (Wildman–Crippen LogP) is 1.73. The third-order valence-corrected chi connectivity index (χ3v) is 6.31. The molecule has 1 atom stereocenters. The van der Waals surface area contributed by atoms with Gasteiger partial charge in [-0.1, -0.05) is 13.8 Å². The number of hydrogen-bond donors (Lipinski definition) is 1. The molecule has 0 aromatic heterocycles. The topological polar surface area (TPSA) is 79.0 Å². The monoisotopic (exact) mass is 385 g/mol. The van der Waals surface area contributed by atoms with Crippen molar-refractivity contribution in [3.05, 3.63) is 18.2 Å². The number of ether oxygens (including phenoxy) is 1. The standard InChI is InChI=1S/C16H23N3O4S2/c1-5-18(6-2)25(21,22)14-10-12(8-9-13(14)23-7-3)19-15(20)11(4)17-16(19)24/h8-11H,5-7H2,1-4H3,(H,17,24)/t11-/m1/s1. The summed E-state index contributed by atoms with van der Waals surface area (Å²) >= 11 is 5.20. The molecule has 138 valence electrons. The van der Waals surface area contributed by atoms with Gasteiger partial charge in [0, 0.05) is 13.1 Å². The molecule has 1 aromatic carbocycles. The third-order valence-electron chi connectivity index (χ3n) is 3.94. The van der Waals surface area contributed by atoms with Crippen LogP contribution in [0, 0.1) is 0 Å². The van der Waals surface area contributed by atoms with Crippen LogP contribution < -0.4 is 15.0 Å². The zero-order valence-electron chi connectivity index (χ0n) is 14.8. The van der Waals surface area contributed by atoms with Gasteiger partial charge in [0.25, 0.3) is 5.91 Å². The van der Waals surface area contributed by atoms with E-state index in [4.69, 9.17) is 17.0 Å². The van der Waals surface area contributed by atoms with E-state index in [1.165, 1.54) is 15.3 Å². The molecule has 1 fully saturated rings. The fourth-order valence-electron chi connectivity index (χ4n) is 2.66. The Kier molecular flexibility index (Phi) is 6.02. The number of rotatable bonds is 7. The Morgan fingerprint density at radius 2 is 1.92 bits per heavy atom. The Hall–Kier alpha value is -1.71. The fourth-order valence-corrected chi connectivity index (χ4v) is 4.65. The van der Waals surface area contributed by atoms with Gasteiger partial charge in [0.15, 0.2) is 5.11 Å². The van der Waals surface area contributed by atoms with Crippen molar-refractivity contribution in [2.75, 3.05) is 24.6 Å². The molecule has 0 bridgehead atoms. The highest BCUT2D eigenvalue weighted by Gasteiger charge is 2.35. The second-order valence-electron chi connectivity index (χ2n) is 5.50. The van der Waals surface area contributed by atoms with Crippen molar-refractivity contribution < 1.29 is 17.9 Å². The fraction of sp³-hybridized carbons (Fsp3) is 0.500. The van der Waals surface area contributed by atoms with E-state index < -0.39 is 16.1 Å². The minimum absolute atomic E-state index is 0.0331. The summed E-state index contributed by atoms with van der Waals surface area (Å²) in [5.41, 5.74) is 0.404. The maximum atomic E-state index is 13.0. The highest BCUT2D eigenvalue weighted by atomic mass is 32.2. The van der Waals surface area contributed by atoms with Gasteiger partial charge < -0.3 is 10.1 Å². The minimum atomic E-state index is -3.75. The molecular formula is C16H23N3O4S2. The molecule has 0 unspecified atom stereocenters. The normalized spacial score (nSPS) is 18.0. The van der Waals surface area contributed by atoms with Crippen LogP contribution in [-0.2, 0) is 14.8 Å². The van der Waals surface area contributed by atoms with Gasteiger partial charge in [0.2, 0.25) is 10.0 Å². The predicted molar refractivity (Wildman–Crippen MR) is 100 cm³/mol. The lowest BCUT2D eigenvalue weighted by Gasteiger charge is -2.22. The Bertz CT molecular complexity index is 776. The Balaban J connectivity index is 2.58. The summed E-state index contributed by atoms with van der Waals surface area (Å²) in [6, 6.07) is 4.20. The molecule has 1 aromatic rings. The summed E-state index contributed by atoms with van der Waals surface area (Å²) in [5.74, 6) is 0.0390. The van der Waals surface area contributed by atoms with E-state index >= 15 is 0 Å². The number of anilines is 1. The molecule has 9 heteroatoms. The van der Waals surface area contributed by atoms with Crippen LogP contribution in [0.3, 0.4) is 0 Å². The van der Waals surface area contributed by atoms with Crippen molar-refractivity contribution in [1.82, 2.24) is 9.62 Å². The van der Waals surface area contributed by atoms with E-state index in [1.54, 1.807) is 39.8 Å². The molecule has 0 spiro atoms. The average molecular weight is 386 g/mol. The Labute approximate surface area is 154 Å². The zero-order valence-corrected chi connectivity index (χ0v) is 16.4. The molecule has 1 amide bonds. The van der Waals surface area contributed by atoms with E-state index in [0.717, 1.165) is 0 Å². The third kappa shape index (κ3) is 3.63. The highest BCUT2D eigenvalue weighted by Crippen LogP contribution is 2.32. The number of nitrogens with one attached hydrogen (secondary N) is 1. The second-order valence-corrected chi connectivity index (χ2v) is 7.79. The maximum Gasteiger partial charge on any atom is 0.255 e. The highest BCUT2D eigenvalue weighted by molar-refractivity contribution is 7.89. The Morgan fingerprint density at radius 1 is 1.28 bits per heavy atom. The lowest BCUT2D eigenvalue weighted by atomic mass is 10.2. The first-order valence-corrected chi connectivity index (χ1v) is 10.0. The second kappa shape index (κ2) is 7.67. The van der Waals surface area contributed by atoms with E-state index in [0.29, 0.717) is 25.4 Å². The van der Waals surface area contributed by atoms with E-state index in [1.807, 2.05) is 0 Å². The number of sulfonamides is 1. The molecule has 1 aliphatic heterocycles. The maximum absolute atomic E-state index is 13.0. The van der Waals surface area contributed by atoms with Gasteiger partial charge in [-0.3, -0.25) is 9.69 Å². The number of carbonyl (C=O) groups excluding carboxylic acids is 1. The summed E-state index contributed by atoms with van der Waals surface area (Å²) in [4.78, 5) is 13.7. The molecule has 0 saturated carbocycles. The lowest BCUT2D eigenvalue weighted by Crippen LogP contribution is -2.33. The van der Waals surface area contributed by atoms with Crippen LogP contribution in [0.1, 0.15) is 27.7 Å². The van der Waals surface area contributed by atoms with Crippen LogP contribution in [0.4, 0.5) is 5.69 Å². The molecule has 0 aliphatic carbocycles. The first kappa shape index (κ1) is 19.6. The number of nitrogens with zero attached hydrogens (tertiary/aromatic N) is 2. The largest absolute Gasteiger partial charge is 0.492 e. The van der Waals surface area contributed by atoms with Gasteiger partial charge in [-0.15, -0.1) is 0 Å². The molecule has 1 N–H and O–H groups in total. The van der Waals surface area contributed by atoms with Gasteiger partial charge in [-0.25, -0.2) is 8.42 Å². The van der Waals surface area contributed by atoms with Crippen molar-refractivity contribution >= 4 is 38.9 Å². The summed E-state index contributed by atoms with van der Waals surface area (Å²) in [7, 11) is -3.75. The van der Waals surface area contributed by atoms with Crippen molar-refractivity contribution in [2.24, 2.45) is 0 Å². The van der Waals surface area contributed by atoms with Crippen molar-refractivity contribution in [3.63, 3.8) is 0 Å². The summed E-state index contributed by atoms with van der Waals surface area (Å²) in [5, 5.41) is 3.13. The lowest BCUT2D eigenvalue weighted by molar-refractivity contribution is -0.117. The molecule has 7 nitrogen and oxygen atoms in total. The zero-order chi connectivity index (χ0) is 18.8. The van der Waals surface area contributed by atoms with Crippen LogP contribution in [-0.4, -0.2) is 49.5 Å². The van der Waals surface area contributed by atoms with Gasteiger partial charge in [-0.05, 0) is 44.3 Å². The SMILES string of the molecule is CCOc1ccc(N2C(=O)[C@@H](C)NC2=S)cc1S(=O)(=O)N(CC)CC. The first-order valence-electron chi connectivity index (χ1n) is 8.19. The molecule has 0 radical (unpaired) electrons. The van der Waals surface area contributed by atoms with Crippen molar-refractivity contribution in [3.8, 4) is 5.75 Å². The van der Waals surface area contributed by atoms with Crippen LogP contribution in [0.5, 0.6) is 5.75 Å². The van der Waals surface area contributed by atoms with Gasteiger partial charge in [0.1, 0.15) is 16.7 Å². The van der Waals surface area contributed by atoms with Crippen LogP contribution in [0.25, 0.3) is 0 Å². The van der Waals surface area contributed by atoms with Crippen molar-refractivity contribution in [1.29, 1.82) is 0 Å². The summed E-state index contributed by atoms with van der Waals surface area (Å²) in [6.07, 6.45) is 0. The number of benzene rings is 1. The first-order chi connectivity index (χ1) is 11.8. The number of amides is 1. The summed E-state index contributed by atoms with van der Waals surface area (Å²) < 4.78 is 32.8. The van der Waals surface area contributed by atoms with E-state index in [2.05, 4.69) is 5.32 Å². The molecule has 1 saturated heterocycles. The molecule has 1 aliphatic rings. The van der Waals surface area contributed by atoms with Crippen LogP contribution >= 0.6 is 12.2 Å². The average Bonchev–Trinajstić information content (AvgIpc) is 2.81. The smallest absolute Gasteiger partial charge is 0.255 e. The molecule has 1 heterocycles. The minimum Gasteiger partial charge on any atom is -0.492 e. The number of thiocarbonyl (C=S) groups is 1. The van der Waals surface area contributed by atoms with Crippen LogP contribution in [0.2, 0.25) is 0 Å².